The highest BCUT2D eigenvalue weighted by Crippen LogP contribution is 2.40. The Kier molecular flexibility index (Phi) is 6.28. The number of rotatable bonds is 7. The normalized spacial score (nSPS) is 10.3. The molecule has 2 aromatic rings. The van der Waals surface area contributed by atoms with Crippen molar-refractivity contribution in [2.45, 2.75) is 19.9 Å². The Labute approximate surface area is 149 Å². The van der Waals surface area contributed by atoms with Crippen molar-refractivity contribution in [1.82, 2.24) is 4.90 Å². The smallest absolute Gasteiger partial charge is 0.257 e. The third-order valence-corrected chi connectivity index (χ3v) is 4.13. The molecule has 2 rings (SSSR count). The highest BCUT2D eigenvalue weighted by atomic mass is 16.5. The van der Waals surface area contributed by atoms with E-state index in [1.54, 1.807) is 31.2 Å². The summed E-state index contributed by atoms with van der Waals surface area (Å²) in [4.78, 5) is 14.5. The number of nitrogens with zero attached hydrogens (tertiary/aromatic N) is 1. The Morgan fingerprint density at radius 3 is 2.00 bits per heavy atom. The van der Waals surface area contributed by atoms with Gasteiger partial charge >= 0.3 is 0 Å². The number of hydrogen-bond donors (Lipinski definition) is 0. The van der Waals surface area contributed by atoms with Crippen LogP contribution in [0.5, 0.6) is 17.2 Å². The van der Waals surface area contributed by atoms with Crippen LogP contribution in [0, 0.1) is 0 Å². The van der Waals surface area contributed by atoms with E-state index in [1.165, 1.54) is 19.8 Å². The quantitative estimate of drug-likeness (QED) is 0.771. The summed E-state index contributed by atoms with van der Waals surface area (Å²) in [6.45, 7) is 2.63. The van der Waals surface area contributed by atoms with Crippen LogP contribution in [0.15, 0.2) is 36.4 Å². The summed E-state index contributed by atoms with van der Waals surface area (Å²) in [5.41, 5.74) is 2.79. The molecule has 0 atom stereocenters. The lowest BCUT2D eigenvalue weighted by Crippen LogP contribution is -2.26. The third-order valence-electron chi connectivity index (χ3n) is 4.13. The summed E-state index contributed by atoms with van der Waals surface area (Å²) in [7, 11) is 6.35. The molecule has 1 amide bonds. The standard InChI is InChI=1S/C20H25NO4/c1-6-14-7-9-15(10-8-14)13-21(2)20(22)16-11-12-17(23-3)19(25-5)18(16)24-4/h7-12H,6,13H2,1-5H3. The van der Waals surface area contributed by atoms with Crippen LogP contribution in [-0.2, 0) is 13.0 Å². The molecular weight excluding hydrogens is 318 g/mol. The number of aryl methyl sites for hydroxylation is 1. The first-order valence-electron chi connectivity index (χ1n) is 8.17. The molecule has 0 N–H and O–H groups in total. The maximum atomic E-state index is 12.9. The van der Waals surface area contributed by atoms with Gasteiger partial charge in [-0.1, -0.05) is 31.2 Å². The van der Waals surface area contributed by atoms with Gasteiger partial charge in [0.25, 0.3) is 5.91 Å². The molecule has 0 heterocycles. The first kappa shape index (κ1) is 18.6. The topological polar surface area (TPSA) is 48.0 Å². The van der Waals surface area contributed by atoms with E-state index in [0.717, 1.165) is 12.0 Å². The number of benzene rings is 2. The minimum atomic E-state index is -0.141. The maximum Gasteiger partial charge on any atom is 0.257 e. The van der Waals surface area contributed by atoms with Crippen molar-refractivity contribution >= 4 is 5.91 Å². The van der Waals surface area contributed by atoms with Crippen LogP contribution >= 0.6 is 0 Å². The molecule has 0 aromatic heterocycles. The molecule has 0 radical (unpaired) electrons. The monoisotopic (exact) mass is 343 g/mol. The molecule has 0 fully saturated rings. The molecule has 0 spiro atoms. The van der Waals surface area contributed by atoms with Crippen LogP contribution in [0.3, 0.4) is 0 Å². The van der Waals surface area contributed by atoms with Gasteiger partial charge in [0.2, 0.25) is 5.75 Å². The van der Waals surface area contributed by atoms with Crippen LogP contribution in [0.1, 0.15) is 28.4 Å². The Balaban J connectivity index is 2.26. The van der Waals surface area contributed by atoms with E-state index in [9.17, 15) is 4.79 Å². The largest absolute Gasteiger partial charge is 0.493 e. The van der Waals surface area contributed by atoms with Gasteiger partial charge in [0.1, 0.15) is 0 Å². The molecule has 5 heteroatoms. The fraction of sp³-hybridized carbons (Fsp3) is 0.350. The van der Waals surface area contributed by atoms with Crippen molar-refractivity contribution in [1.29, 1.82) is 0 Å². The van der Waals surface area contributed by atoms with Gasteiger partial charge in [-0.3, -0.25) is 4.79 Å². The summed E-state index contributed by atoms with van der Waals surface area (Å²) >= 11 is 0. The second-order valence-corrected chi connectivity index (χ2v) is 5.71. The Bertz CT molecular complexity index is 725. The van der Waals surface area contributed by atoms with Crippen LogP contribution < -0.4 is 14.2 Å². The predicted octanol–water partition coefficient (Wildman–Crippen LogP) is 3.55. The fourth-order valence-electron chi connectivity index (χ4n) is 2.70. The molecule has 0 bridgehead atoms. The first-order valence-corrected chi connectivity index (χ1v) is 8.17. The summed E-state index contributed by atoms with van der Waals surface area (Å²) in [5, 5.41) is 0. The lowest BCUT2D eigenvalue weighted by molar-refractivity contribution is 0.0781. The average molecular weight is 343 g/mol. The second kappa shape index (κ2) is 8.42. The molecule has 0 saturated carbocycles. The van der Waals surface area contributed by atoms with Gasteiger partial charge in [0.15, 0.2) is 11.5 Å². The summed E-state index contributed by atoms with van der Waals surface area (Å²) in [6, 6.07) is 11.7. The van der Waals surface area contributed by atoms with E-state index in [0.29, 0.717) is 29.4 Å². The first-order chi connectivity index (χ1) is 12.0. The van der Waals surface area contributed by atoms with E-state index in [2.05, 4.69) is 31.2 Å². The number of ether oxygens (including phenoxy) is 3. The average Bonchev–Trinajstić information content (AvgIpc) is 2.66. The highest BCUT2D eigenvalue weighted by molar-refractivity contribution is 5.98. The van der Waals surface area contributed by atoms with Crippen molar-refractivity contribution in [3.8, 4) is 17.2 Å². The number of carbonyl (C=O) groups excluding carboxylic acids is 1. The van der Waals surface area contributed by atoms with E-state index < -0.39 is 0 Å². The van der Waals surface area contributed by atoms with Crippen molar-refractivity contribution in [3.63, 3.8) is 0 Å². The molecule has 0 aliphatic rings. The molecule has 0 aliphatic heterocycles. The zero-order valence-corrected chi connectivity index (χ0v) is 15.5. The molecule has 25 heavy (non-hydrogen) atoms. The van der Waals surface area contributed by atoms with Gasteiger partial charge in [-0.15, -0.1) is 0 Å². The summed E-state index contributed by atoms with van der Waals surface area (Å²) < 4.78 is 16.0. The Hall–Kier alpha value is -2.69. The van der Waals surface area contributed by atoms with Crippen molar-refractivity contribution in [3.05, 3.63) is 53.1 Å². The predicted molar refractivity (Wildman–Crippen MR) is 97.7 cm³/mol. The zero-order chi connectivity index (χ0) is 18.4. The van der Waals surface area contributed by atoms with Crippen LogP contribution in [-0.4, -0.2) is 39.2 Å². The minimum absolute atomic E-state index is 0.141. The number of carbonyl (C=O) groups is 1. The molecule has 2 aromatic carbocycles. The lowest BCUT2D eigenvalue weighted by atomic mass is 10.1. The second-order valence-electron chi connectivity index (χ2n) is 5.71. The van der Waals surface area contributed by atoms with Gasteiger partial charge in [0, 0.05) is 13.6 Å². The lowest BCUT2D eigenvalue weighted by Gasteiger charge is -2.21. The van der Waals surface area contributed by atoms with Crippen molar-refractivity contribution < 1.29 is 19.0 Å². The molecule has 0 saturated heterocycles. The summed E-state index contributed by atoms with van der Waals surface area (Å²) in [6.07, 6.45) is 0.998. The van der Waals surface area contributed by atoms with Gasteiger partial charge < -0.3 is 19.1 Å². The Morgan fingerprint density at radius 1 is 0.880 bits per heavy atom. The van der Waals surface area contributed by atoms with E-state index >= 15 is 0 Å². The number of hydrogen-bond acceptors (Lipinski definition) is 4. The van der Waals surface area contributed by atoms with E-state index in [1.807, 2.05) is 0 Å². The highest BCUT2D eigenvalue weighted by Gasteiger charge is 2.23. The van der Waals surface area contributed by atoms with Crippen molar-refractivity contribution in [2.75, 3.05) is 28.4 Å². The van der Waals surface area contributed by atoms with Gasteiger partial charge in [0.05, 0.1) is 26.9 Å². The van der Waals surface area contributed by atoms with E-state index in [-0.39, 0.29) is 5.91 Å². The van der Waals surface area contributed by atoms with Crippen LogP contribution in [0.2, 0.25) is 0 Å². The number of methoxy groups -OCH3 is 3. The van der Waals surface area contributed by atoms with Crippen LogP contribution in [0.25, 0.3) is 0 Å². The molecular formula is C20H25NO4. The molecule has 0 aliphatic carbocycles. The third kappa shape index (κ3) is 4.05. The number of amides is 1. The van der Waals surface area contributed by atoms with Gasteiger partial charge in [-0.25, -0.2) is 0 Å². The minimum Gasteiger partial charge on any atom is -0.493 e. The molecule has 134 valence electrons. The van der Waals surface area contributed by atoms with Gasteiger partial charge in [-0.05, 0) is 29.7 Å². The Morgan fingerprint density at radius 2 is 1.48 bits per heavy atom. The van der Waals surface area contributed by atoms with E-state index in [4.69, 9.17) is 14.2 Å². The maximum absolute atomic E-state index is 12.9. The molecule has 0 unspecified atom stereocenters. The van der Waals surface area contributed by atoms with Gasteiger partial charge in [-0.2, -0.15) is 0 Å². The summed E-state index contributed by atoms with van der Waals surface area (Å²) in [5.74, 6) is 1.17. The van der Waals surface area contributed by atoms with Crippen molar-refractivity contribution in [2.24, 2.45) is 0 Å². The fourth-order valence-corrected chi connectivity index (χ4v) is 2.70. The zero-order valence-electron chi connectivity index (χ0n) is 15.5. The SMILES string of the molecule is CCc1ccc(CN(C)C(=O)c2ccc(OC)c(OC)c2OC)cc1. The van der Waals surface area contributed by atoms with Crippen LogP contribution in [0.4, 0.5) is 0 Å². The molecule has 5 nitrogen and oxygen atoms in total.